The molecule has 0 saturated heterocycles. The Morgan fingerprint density at radius 1 is 1.17 bits per heavy atom. The maximum atomic E-state index is 6.12. The Kier molecular flexibility index (Phi) is 5.75. The molecule has 0 bridgehead atoms. The summed E-state index contributed by atoms with van der Waals surface area (Å²) in [7, 11) is 1.66. The minimum atomic E-state index is 0.287. The molecule has 24 heavy (non-hydrogen) atoms. The van der Waals surface area contributed by atoms with Gasteiger partial charge in [-0.15, -0.1) is 0 Å². The van der Waals surface area contributed by atoms with Crippen LogP contribution < -0.4 is 14.9 Å². The number of hydrazone groups is 1. The molecule has 3 rings (SSSR count). The van der Waals surface area contributed by atoms with Crippen molar-refractivity contribution in [3.05, 3.63) is 52.5 Å². The number of nitrogens with one attached hydrogen (secondary N) is 1. The van der Waals surface area contributed by atoms with Crippen molar-refractivity contribution in [2.45, 2.75) is 31.8 Å². The predicted molar refractivity (Wildman–Crippen MR) is 101 cm³/mol. The third-order valence-electron chi connectivity index (χ3n) is 4.02. The fourth-order valence-corrected chi connectivity index (χ4v) is 3.35. The Balaban J connectivity index is 1.73. The highest BCUT2D eigenvalue weighted by Gasteiger charge is 2.20. The fraction of sp³-hybridized carbons (Fsp3) is 0.316. The van der Waals surface area contributed by atoms with Crippen LogP contribution in [0.4, 0.5) is 5.69 Å². The molecule has 4 nitrogen and oxygen atoms in total. The summed E-state index contributed by atoms with van der Waals surface area (Å²) in [4.78, 5) is 0. The maximum absolute atomic E-state index is 6.12. The van der Waals surface area contributed by atoms with Crippen molar-refractivity contribution in [1.29, 1.82) is 0 Å². The largest absolute Gasteiger partial charge is 0.493 e. The lowest BCUT2D eigenvalue weighted by atomic mass is 10.2. The van der Waals surface area contributed by atoms with E-state index in [9.17, 15) is 0 Å². The molecule has 0 unspecified atom stereocenters. The lowest BCUT2D eigenvalue weighted by Gasteiger charge is -2.17. The minimum Gasteiger partial charge on any atom is -0.493 e. The number of methoxy groups -OCH3 is 1. The summed E-state index contributed by atoms with van der Waals surface area (Å²) in [5.41, 5.74) is 4.88. The van der Waals surface area contributed by atoms with Gasteiger partial charge in [0.2, 0.25) is 0 Å². The summed E-state index contributed by atoms with van der Waals surface area (Å²) in [6.07, 6.45) is 6.75. The van der Waals surface area contributed by atoms with Gasteiger partial charge in [-0.05, 0) is 71.4 Å². The molecule has 0 heterocycles. The number of anilines is 1. The summed E-state index contributed by atoms with van der Waals surface area (Å²) in [6, 6.07) is 13.8. The van der Waals surface area contributed by atoms with Crippen molar-refractivity contribution in [2.75, 3.05) is 12.5 Å². The lowest BCUT2D eigenvalue weighted by molar-refractivity contribution is 0.199. The quantitative estimate of drug-likeness (QED) is 0.544. The van der Waals surface area contributed by atoms with Gasteiger partial charge in [-0.1, -0.05) is 18.2 Å². The first-order valence-electron chi connectivity index (χ1n) is 8.14. The number of hydrogen-bond donors (Lipinski definition) is 1. The van der Waals surface area contributed by atoms with Gasteiger partial charge in [0.15, 0.2) is 11.5 Å². The summed E-state index contributed by atoms with van der Waals surface area (Å²) in [5.74, 6) is 1.50. The molecular formula is C19H21BrN2O2. The van der Waals surface area contributed by atoms with E-state index in [2.05, 4.69) is 26.5 Å². The zero-order chi connectivity index (χ0) is 16.8. The predicted octanol–water partition coefficient (Wildman–Crippen LogP) is 5.23. The van der Waals surface area contributed by atoms with E-state index in [0.29, 0.717) is 0 Å². The molecule has 1 saturated carbocycles. The zero-order valence-corrected chi connectivity index (χ0v) is 15.3. The van der Waals surface area contributed by atoms with Crippen LogP contribution >= 0.6 is 15.9 Å². The van der Waals surface area contributed by atoms with Crippen molar-refractivity contribution in [3.63, 3.8) is 0 Å². The molecule has 0 atom stereocenters. The van der Waals surface area contributed by atoms with E-state index >= 15 is 0 Å². The van der Waals surface area contributed by atoms with Crippen LogP contribution in [0.1, 0.15) is 31.2 Å². The van der Waals surface area contributed by atoms with E-state index < -0.39 is 0 Å². The monoisotopic (exact) mass is 388 g/mol. The van der Waals surface area contributed by atoms with Gasteiger partial charge in [0.25, 0.3) is 0 Å². The molecule has 2 aromatic carbocycles. The molecule has 0 aliphatic heterocycles. The van der Waals surface area contributed by atoms with Crippen LogP contribution in [-0.4, -0.2) is 19.4 Å². The maximum Gasteiger partial charge on any atom is 0.175 e. The molecule has 126 valence electrons. The molecular weight excluding hydrogens is 368 g/mol. The third kappa shape index (κ3) is 4.29. The summed E-state index contributed by atoms with van der Waals surface area (Å²) < 4.78 is 12.5. The standard InChI is InChI=1S/C19H21BrN2O2/c1-23-18-12-14(13-21-22-15-7-3-2-4-8-15)11-17(20)19(18)24-16-9-5-6-10-16/h2-4,7-8,11-13,16,22H,5-6,9-10H2,1H3. The summed E-state index contributed by atoms with van der Waals surface area (Å²) in [5, 5.41) is 4.27. The van der Waals surface area contributed by atoms with Crippen molar-refractivity contribution in [2.24, 2.45) is 5.10 Å². The second-order valence-electron chi connectivity index (χ2n) is 5.79. The lowest BCUT2D eigenvalue weighted by Crippen LogP contribution is -2.12. The van der Waals surface area contributed by atoms with Gasteiger partial charge >= 0.3 is 0 Å². The van der Waals surface area contributed by atoms with Gasteiger partial charge in [0, 0.05) is 0 Å². The van der Waals surface area contributed by atoms with E-state index in [4.69, 9.17) is 9.47 Å². The van der Waals surface area contributed by atoms with E-state index in [1.165, 1.54) is 12.8 Å². The number of benzene rings is 2. The Morgan fingerprint density at radius 2 is 1.92 bits per heavy atom. The van der Waals surface area contributed by atoms with Crippen LogP contribution in [0.2, 0.25) is 0 Å². The van der Waals surface area contributed by atoms with Gasteiger partial charge in [-0.3, -0.25) is 5.43 Å². The second kappa shape index (κ2) is 8.20. The number of halogens is 1. The van der Waals surface area contributed by atoms with Crippen molar-refractivity contribution in [3.8, 4) is 11.5 Å². The Hall–Kier alpha value is -2.01. The first-order valence-corrected chi connectivity index (χ1v) is 8.94. The molecule has 0 spiro atoms. The molecule has 5 heteroatoms. The van der Waals surface area contributed by atoms with Gasteiger partial charge in [0.1, 0.15) is 0 Å². The van der Waals surface area contributed by atoms with Crippen molar-refractivity contribution < 1.29 is 9.47 Å². The average Bonchev–Trinajstić information content (AvgIpc) is 3.11. The van der Waals surface area contributed by atoms with Gasteiger partial charge < -0.3 is 9.47 Å². The van der Waals surface area contributed by atoms with Crippen molar-refractivity contribution in [1.82, 2.24) is 0 Å². The SMILES string of the molecule is COc1cc(C=NNc2ccccc2)cc(Br)c1OC1CCCC1. The van der Waals surface area contributed by atoms with Gasteiger partial charge in [-0.2, -0.15) is 5.10 Å². The molecule has 0 aromatic heterocycles. The van der Waals surface area contributed by atoms with Crippen molar-refractivity contribution >= 4 is 27.8 Å². The number of para-hydroxylation sites is 1. The third-order valence-corrected chi connectivity index (χ3v) is 4.61. The Labute approximate surface area is 151 Å². The molecule has 1 aliphatic carbocycles. The Morgan fingerprint density at radius 3 is 2.62 bits per heavy atom. The van der Waals surface area contributed by atoms with E-state index in [0.717, 1.165) is 40.1 Å². The second-order valence-corrected chi connectivity index (χ2v) is 6.65. The van der Waals surface area contributed by atoms with Crippen LogP contribution in [0.3, 0.4) is 0 Å². The molecule has 1 fully saturated rings. The highest BCUT2D eigenvalue weighted by atomic mass is 79.9. The zero-order valence-electron chi connectivity index (χ0n) is 13.7. The van der Waals surface area contributed by atoms with Crippen LogP contribution in [0.25, 0.3) is 0 Å². The van der Waals surface area contributed by atoms with E-state index in [1.54, 1.807) is 13.3 Å². The molecule has 2 aromatic rings. The first-order chi connectivity index (χ1) is 11.8. The number of nitrogens with zero attached hydrogens (tertiary/aromatic N) is 1. The molecule has 0 amide bonds. The normalized spacial score (nSPS) is 14.9. The molecule has 1 N–H and O–H groups in total. The number of rotatable bonds is 6. The van der Waals surface area contributed by atoms with E-state index in [-0.39, 0.29) is 6.10 Å². The molecule has 0 radical (unpaired) electrons. The van der Waals surface area contributed by atoms with Crippen LogP contribution in [0.15, 0.2) is 52.0 Å². The van der Waals surface area contributed by atoms with E-state index in [1.807, 2.05) is 42.5 Å². The average molecular weight is 389 g/mol. The fourth-order valence-electron chi connectivity index (χ4n) is 2.80. The number of ether oxygens (including phenoxy) is 2. The highest BCUT2D eigenvalue weighted by Crippen LogP contribution is 2.38. The first kappa shape index (κ1) is 16.8. The van der Waals surface area contributed by atoms with Crippen LogP contribution in [-0.2, 0) is 0 Å². The van der Waals surface area contributed by atoms with Crippen LogP contribution in [0, 0.1) is 0 Å². The molecule has 1 aliphatic rings. The van der Waals surface area contributed by atoms with Gasteiger partial charge in [0.05, 0.1) is 29.6 Å². The Bertz CT molecular complexity index is 698. The highest BCUT2D eigenvalue weighted by molar-refractivity contribution is 9.10. The minimum absolute atomic E-state index is 0.287. The summed E-state index contributed by atoms with van der Waals surface area (Å²) in [6.45, 7) is 0. The van der Waals surface area contributed by atoms with Crippen LogP contribution in [0.5, 0.6) is 11.5 Å². The summed E-state index contributed by atoms with van der Waals surface area (Å²) >= 11 is 3.60. The smallest absolute Gasteiger partial charge is 0.175 e. The number of hydrogen-bond acceptors (Lipinski definition) is 4. The topological polar surface area (TPSA) is 42.8 Å². The van der Waals surface area contributed by atoms with Gasteiger partial charge in [-0.25, -0.2) is 0 Å².